The molecule has 1 aliphatic heterocycles. The summed E-state index contributed by atoms with van der Waals surface area (Å²) < 4.78 is 15.5. The summed E-state index contributed by atoms with van der Waals surface area (Å²) in [5, 5.41) is 90.0. The molecule has 0 saturated carbocycles. The Labute approximate surface area is 214 Å². The highest BCUT2D eigenvalue weighted by atomic mass is 35.5. The molecule has 1 aliphatic rings. The van der Waals surface area contributed by atoms with E-state index in [0.717, 1.165) is 12.1 Å². The maximum Gasteiger partial charge on any atom is 0.409 e. The first-order chi connectivity index (χ1) is 17.2. The van der Waals surface area contributed by atoms with Gasteiger partial charge in [0, 0.05) is 25.5 Å². The standard InChI is InChI=1S/C22H26ClNO13/c1-35-13-7-11(8-25)36-20(16(13)24-34)14-17(26)12(15(23)19(28)18(14)27)6-9-2-4-10(5-3-9)37-22(32,33)21(29,30)31/h2-5,11,13,16,20,25-33H,6-8H2,1H3. The predicted molar refractivity (Wildman–Crippen MR) is 123 cm³/mol. The SMILES string of the molecule is COC1CC(CO)OC(c2c(O)c(O)c(Cl)c(Cc3ccc(OC(O)(O)C(O)(O)O)cc3)c2O)C1N=O. The fraction of sp³-hybridized carbons (Fsp3) is 0.455. The van der Waals surface area contributed by atoms with Crippen molar-refractivity contribution >= 4 is 11.6 Å². The Morgan fingerprint density at radius 3 is 2.19 bits per heavy atom. The predicted octanol–water partition coefficient (Wildman–Crippen LogP) is -0.332. The highest BCUT2D eigenvalue weighted by Gasteiger charge is 2.50. The largest absolute Gasteiger partial charge is 0.507 e. The monoisotopic (exact) mass is 547 g/mol. The Hall–Kier alpha value is -2.79. The van der Waals surface area contributed by atoms with E-state index < -0.39 is 70.7 Å². The van der Waals surface area contributed by atoms with Gasteiger partial charge in [0.1, 0.15) is 23.6 Å². The van der Waals surface area contributed by atoms with Gasteiger partial charge in [-0.25, -0.2) is 0 Å². The number of aromatic hydroxyl groups is 3. The van der Waals surface area contributed by atoms with Gasteiger partial charge < -0.3 is 60.2 Å². The molecule has 1 fully saturated rings. The summed E-state index contributed by atoms with van der Waals surface area (Å²) in [4.78, 5) is 11.6. The van der Waals surface area contributed by atoms with Crippen molar-refractivity contribution in [3.8, 4) is 23.0 Å². The van der Waals surface area contributed by atoms with E-state index in [1.807, 2.05) is 0 Å². The molecule has 9 N–H and O–H groups in total. The van der Waals surface area contributed by atoms with Gasteiger partial charge >= 0.3 is 11.9 Å². The minimum absolute atomic E-state index is 0.0901. The molecule has 1 saturated heterocycles. The Bertz CT molecular complexity index is 1120. The second-order valence-corrected chi connectivity index (χ2v) is 8.76. The fourth-order valence-electron chi connectivity index (χ4n) is 3.95. The quantitative estimate of drug-likeness (QED) is 0.0846. The highest BCUT2D eigenvalue weighted by molar-refractivity contribution is 6.33. The average Bonchev–Trinajstić information content (AvgIpc) is 2.85. The number of benzene rings is 2. The normalized spacial score (nSPS) is 22.6. The average molecular weight is 548 g/mol. The van der Waals surface area contributed by atoms with E-state index >= 15 is 0 Å². The van der Waals surface area contributed by atoms with Crippen molar-refractivity contribution < 1.29 is 60.2 Å². The molecule has 14 nitrogen and oxygen atoms in total. The van der Waals surface area contributed by atoms with E-state index in [4.69, 9.17) is 36.4 Å². The second-order valence-electron chi connectivity index (χ2n) is 8.39. The van der Waals surface area contributed by atoms with Crippen molar-refractivity contribution in [2.24, 2.45) is 5.18 Å². The molecule has 4 unspecified atom stereocenters. The molecule has 4 atom stereocenters. The van der Waals surface area contributed by atoms with Gasteiger partial charge in [0.05, 0.1) is 29.4 Å². The number of halogens is 1. The maximum atomic E-state index is 11.6. The maximum absolute atomic E-state index is 11.6. The number of phenols is 3. The van der Waals surface area contributed by atoms with Crippen LogP contribution in [0.2, 0.25) is 5.02 Å². The Morgan fingerprint density at radius 2 is 1.68 bits per heavy atom. The molecule has 1 heterocycles. The van der Waals surface area contributed by atoms with Crippen molar-refractivity contribution in [3.05, 3.63) is 50.9 Å². The van der Waals surface area contributed by atoms with Crippen LogP contribution in [0.5, 0.6) is 23.0 Å². The summed E-state index contributed by atoms with van der Waals surface area (Å²) in [6, 6.07) is 3.73. The van der Waals surface area contributed by atoms with Gasteiger partial charge in [0.2, 0.25) is 0 Å². The van der Waals surface area contributed by atoms with Crippen LogP contribution in [0, 0.1) is 4.91 Å². The number of nitrogens with zero attached hydrogens (tertiary/aromatic N) is 1. The first-order valence-corrected chi connectivity index (χ1v) is 11.1. The third-order valence-corrected chi connectivity index (χ3v) is 6.34. The number of rotatable bonds is 9. The lowest BCUT2D eigenvalue weighted by Crippen LogP contribution is -2.58. The second kappa shape index (κ2) is 10.9. The molecule has 15 heteroatoms. The number of phenolic OH excluding ortho intramolecular Hbond substituents is 3. The molecule has 0 aromatic heterocycles. The van der Waals surface area contributed by atoms with E-state index in [0.29, 0.717) is 5.56 Å². The van der Waals surface area contributed by atoms with E-state index in [2.05, 4.69) is 9.91 Å². The number of nitroso groups, excluding NO2 is 1. The van der Waals surface area contributed by atoms with Crippen LogP contribution >= 0.6 is 11.6 Å². The number of hydrogen-bond donors (Lipinski definition) is 9. The Morgan fingerprint density at radius 1 is 1.05 bits per heavy atom. The van der Waals surface area contributed by atoms with Gasteiger partial charge in [-0.15, -0.1) is 0 Å². The van der Waals surface area contributed by atoms with E-state index in [-0.39, 0.29) is 24.2 Å². The first-order valence-electron chi connectivity index (χ1n) is 10.7. The van der Waals surface area contributed by atoms with Crippen molar-refractivity contribution in [2.75, 3.05) is 13.7 Å². The lowest BCUT2D eigenvalue weighted by molar-refractivity contribution is -0.502. The summed E-state index contributed by atoms with van der Waals surface area (Å²) >= 11 is 6.18. The highest BCUT2D eigenvalue weighted by Crippen LogP contribution is 2.51. The molecule has 0 radical (unpaired) electrons. The van der Waals surface area contributed by atoms with Crippen LogP contribution in [0.3, 0.4) is 0 Å². The van der Waals surface area contributed by atoms with Crippen molar-refractivity contribution in [3.63, 3.8) is 0 Å². The van der Waals surface area contributed by atoms with Gasteiger partial charge in [0.15, 0.2) is 11.5 Å². The smallest absolute Gasteiger partial charge is 0.409 e. The van der Waals surface area contributed by atoms with Crippen LogP contribution in [0.15, 0.2) is 29.4 Å². The van der Waals surface area contributed by atoms with Crippen LogP contribution in [0.25, 0.3) is 0 Å². The third-order valence-electron chi connectivity index (χ3n) is 5.93. The minimum atomic E-state index is -3.99. The number of methoxy groups -OCH3 is 1. The zero-order valence-corrected chi connectivity index (χ0v) is 20.0. The molecule has 3 rings (SSSR count). The van der Waals surface area contributed by atoms with Crippen LogP contribution in [0.1, 0.15) is 29.2 Å². The molecule has 0 aliphatic carbocycles. The third kappa shape index (κ3) is 5.72. The minimum Gasteiger partial charge on any atom is -0.507 e. The topological polar surface area (TPSA) is 239 Å². The Kier molecular flexibility index (Phi) is 8.48. The molecule has 0 amide bonds. The molecule has 2 aromatic carbocycles. The van der Waals surface area contributed by atoms with Crippen LogP contribution in [0.4, 0.5) is 0 Å². The van der Waals surface area contributed by atoms with E-state index in [9.17, 15) is 35.5 Å². The molecule has 204 valence electrons. The Balaban J connectivity index is 1.99. The van der Waals surface area contributed by atoms with Gasteiger partial charge in [-0.1, -0.05) is 28.9 Å². The van der Waals surface area contributed by atoms with Crippen LogP contribution in [-0.2, 0) is 15.9 Å². The zero-order chi connectivity index (χ0) is 27.7. The van der Waals surface area contributed by atoms with E-state index in [1.54, 1.807) is 0 Å². The van der Waals surface area contributed by atoms with Gasteiger partial charge in [0.25, 0.3) is 0 Å². The van der Waals surface area contributed by atoms with Crippen molar-refractivity contribution in [1.29, 1.82) is 0 Å². The lowest BCUT2D eigenvalue weighted by atomic mass is 9.88. The summed E-state index contributed by atoms with van der Waals surface area (Å²) in [7, 11) is 1.32. The first kappa shape index (κ1) is 28.8. The van der Waals surface area contributed by atoms with Crippen molar-refractivity contribution in [2.45, 2.75) is 49.1 Å². The zero-order valence-electron chi connectivity index (χ0n) is 19.2. The fourth-order valence-corrected chi connectivity index (χ4v) is 4.19. The number of aliphatic hydroxyl groups is 6. The molecule has 0 spiro atoms. The van der Waals surface area contributed by atoms with Crippen LogP contribution in [-0.4, -0.2) is 89.9 Å². The molecule has 0 bridgehead atoms. The lowest BCUT2D eigenvalue weighted by Gasteiger charge is -2.38. The molecular weight excluding hydrogens is 522 g/mol. The summed E-state index contributed by atoms with van der Waals surface area (Å²) in [6.07, 6.45) is -3.15. The van der Waals surface area contributed by atoms with Gasteiger partial charge in [-0.3, -0.25) is 0 Å². The van der Waals surface area contributed by atoms with Crippen LogP contribution < -0.4 is 4.74 Å². The molecular formula is C22H26ClNO13. The number of aliphatic hydroxyl groups excluding tert-OH is 1. The summed E-state index contributed by atoms with van der Waals surface area (Å²) in [5.41, 5.74) is -0.0899. The number of ether oxygens (including phenoxy) is 3. The van der Waals surface area contributed by atoms with Gasteiger partial charge in [-0.05, 0) is 17.7 Å². The van der Waals surface area contributed by atoms with E-state index in [1.165, 1.54) is 19.2 Å². The number of hydrogen-bond acceptors (Lipinski definition) is 14. The molecule has 37 heavy (non-hydrogen) atoms. The summed E-state index contributed by atoms with van der Waals surface area (Å²) in [6.45, 7) is -0.461. The van der Waals surface area contributed by atoms with Gasteiger partial charge in [-0.2, -0.15) is 4.91 Å². The van der Waals surface area contributed by atoms with Crippen molar-refractivity contribution in [1.82, 2.24) is 0 Å². The molecule has 2 aromatic rings. The summed E-state index contributed by atoms with van der Waals surface area (Å²) in [5.74, 6) is -10.3.